The zero-order chi connectivity index (χ0) is 16.3. The van der Waals surface area contributed by atoms with E-state index in [1.165, 1.54) is 7.11 Å². The molecule has 3 amide bonds. The Hall–Kier alpha value is -2.57. The average Bonchev–Trinajstić information content (AvgIpc) is 2.71. The highest BCUT2D eigenvalue weighted by Crippen LogP contribution is 2.30. The molecule has 7 nitrogen and oxygen atoms in total. The Morgan fingerprint density at radius 1 is 1.41 bits per heavy atom. The normalized spacial score (nSPS) is 20.9. The minimum Gasteiger partial charge on any atom is -0.497 e. The van der Waals surface area contributed by atoms with Crippen LogP contribution in [0.3, 0.4) is 0 Å². The number of nitrogens with zero attached hydrogens (tertiary/aromatic N) is 1. The van der Waals surface area contributed by atoms with Crippen molar-refractivity contribution >= 4 is 17.9 Å². The summed E-state index contributed by atoms with van der Waals surface area (Å²) in [5.41, 5.74) is -0.555. The summed E-state index contributed by atoms with van der Waals surface area (Å²) in [6, 6.07) is 6.41. The predicted octanol–water partition coefficient (Wildman–Crippen LogP) is 1.33. The summed E-state index contributed by atoms with van der Waals surface area (Å²) in [7, 11) is 1.52. The second-order valence-electron chi connectivity index (χ2n) is 5.24. The summed E-state index contributed by atoms with van der Waals surface area (Å²) >= 11 is 0. The molecule has 2 N–H and O–H groups in total. The van der Waals surface area contributed by atoms with E-state index < -0.39 is 23.4 Å². The van der Waals surface area contributed by atoms with Gasteiger partial charge in [0.25, 0.3) is 5.91 Å². The SMILES string of the molecule is COc1cccc(C2(C)NC(=O)N(CCCC(=O)O)C2=O)c1. The van der Waals surface area contributed by atoms with Crippen molar-refractivity contribution in [2.45, 2.75) is 25.3 Å². The fraction of sp³-hybridized carbons (Fsp3) is 0.400. The van der Waals surface area contributed by atoms with Crippen molar-refractivity contribution in [3.05, 3.63) is 29.8 Å². The zero-order valence-electron chi connectivity index (χ0n) is 12.5. The highest BCUT2D eigenvalue weighted by atomic mass is 16.5. The fourth-order valence-electron chi connectivity index (χ4n) is 2.42. The minimum atomic E-state index is -1.17. The second kappa shape index (κ2) is 6.05. The topological polar surface area (TPSA) is 95.9 Å². The maximum atomic E-state index is 12.6. The van der Waals surface area contributed by atoms with Crippen LogP contribution in [0.15, 0.2) is 24.3 Å². The number of hydrogen-bond donors (Lipinski definition) is 2. The monoisotopic (exact) mass is 306 g/mol. The van der Waals surface area contributed by atoms with E-state index >= 15 is 0 Å². The van der Waals surface area contributed by atoms with Gasteiger partial charge in [0.15, 0.2) is 0 Å². The van der Waals surface area contributed by atoms with Gasteiger partial charge in [-0.3, -0.25) is 14.5 Å². The van der Waals surface area contributed by atoms with Crippen LogP contribution < -0.4 is 10.1 Å². The van der Waals surface area contributed by atoms with Crippen molar-refractivity contribution in [2.75, 3.05) is 13.7 Å². The Morgan fingerprint density at radius 3 is 2.77 bits per heavy atom. The highest BCUT2D eigenvalue weighted by Gasteiger charge is 2.48. The van der Waals surface area contributed by atoms with Gasteiger partial charge in [0, 0.05) is 13.0 Å². The van der Waals surface area contributed by atoms with Gasteiger partial charge in [-0.2, -0.15) is 0 Å². The van der Waals surface area contributed by atoms with Crippen molar-refractivity contribution in [1.29, 1.82) is 0 Å². The molecule has 7 heteroatoms. The molecule has 22 heavy (non-hydrogen) atoms. The first-order valence-corrected chi connectivity index (χ1v) is 6.89. The zero-order valence-corrected chi connectivity index (χ0v) is 12.5. The van der Waals surface area contributed by atoms with Gasteiger partial charge >= 0.3 is 12.0 Å². The second-order valence-corrected chi connectivity index (χ2v) is 5.24. The van der Waals surface area contributed by atoms with Crippen LogP contribution in [0.1, 0.15) is 25.3 Å². The number of aliphatic carboxylic acids is 1. The lowest BCUT2D eigenvalue weighted by molar-refractivity contribution is -0.138. The van der Waals surface area contributed by atoms with Gasteiger partial charge in [-0.15, -0.1) is 0 Å². The summed E-state index contributed by atoms with van der Waals surface area (Å²) in [5.74, 6) is -0.760. The largest absolute Gasteiger partial charge is 0.497 e. The molecule has 1 saturated heterocycles. The molecule has 0 radical (unpaired) electrons. The Labute approximate surface area is 127 Å². The van der Waals surface area contributed by atoms with Crippen LogP contribution in [-0.2, 0) is 15.1 Å². The summed E-state index contributed by atoms with van der Waals surface area (Å²) in [5, 5.41) is 11.3. The van der Waals surface area contributed by atoms with Crippen molar-refractivity contribution in [2.24, 2.45) is 0 Å². The number of imide groups is 1. The molecule has 1 unspecified atom stereocenters. The Morgan fingerprint density at radius 2 is 2.14 bits per heavy atom. The summed E-state index contributed by atoms with van der Waals surface area (Å²) in [6.07, 6.45) is 0.135. The third-order valence-corrected chi connectivity index (χ3v) is 3.69. The van der Waals surface area contributed by atoms with Gasteiger partial charge < -0.3 is 15.2 Å². The fourth-order valence-corrected chi connectivity index (χ4v) is 2.42. The van der Waals surface area contributed by atoms with Gasteiger partial charge in [0.05, 0.1) is 7.11 Å². The Kier molecular flexibility index (Phi) is 4.35. The molecule has 1 atom stereocenters. The molecule has 0 aliphatic carbocycles. The van der Waals surface area contributed by atoms with Gasteiger partial charge in [-0.25, -0.2) is 4.79 Å². The van der Waals surface area contributed by atoms with Gasteiger partial charge in [-0.05, 0) is 31.0 Å². The van der Waals surface area contributed by atoms with Crippen LogP contribution in [0.4, 0.5) is 4.79 Å². The summed E-state index contributed by atoms with van der Waals surface area (Å²) < 4.78 is 5.14. The first kappa shape index (κ1) is 15.8. The number of benzene rings is 1. The number of nitrogens with one attached hydrogen (secondary N) is 1. The van der Waals surface area contributed by atoms with E-state index in [4.69, 9.17) is 9.84 Å². The van der Waals surface area contributed by atoms with Crippen molar-refractivity contribution < 1.29 is 24.2 Å². The number of hydrogen-bond acceptors (Lipinski definition) is 4. The van der Waals surface area contributed by atoms with E-state index in [1.807, 2.05) is 0 Å². The molecule has 1 heterocycles. The number of carboxylic acids is 1. The number of urea groups is 1. The molecular formula is C15H18N2O5. The van der Waals surface area contributed by atoms with E-state index in [1.54, 1.807) is 31.2 Å². The number of carbonyl (C=O) groups is 3. The predicted molar refractivity (Wildman–Crippen MR) is 77.5 cm³/mol. The van der Waals surface area contributed by atoms with Crippen LogP contribution in [0.5, 0.6) is 5.75 Å². The Balaban J connectivity index is 2.19. The first-order valence-electron chi connectivity index (χ1n) is 6.89. The van der Waals surface area contributed by atoms with Crippen molar-refractivity contribution in [3.8, 4) is 5.75 Å². The molecule has 0 bridgehead atoms. The number of rotatable bonds is 6. The van der Waals surface area contributed by atoms with Crippen LogP contribution in [-0.4, -0.2) is 41.6 Å². The molecular weight excluding hydrogens is 288 g/mol. The van der Waals surface area contributed by atoms with E-state index in [9.17, 15) is 14.4 Å². The molecule has 1 aromatic rings. The first-order chi connectivity index (χ1) is 10.4. The van der Waals surface area contributed by atoms with E-state index in [0.29, 0.717) is 11.3 Å². The van der Waals surface area contributed by atoms with Crippen molar-refractivity contribution in [1.82, 2.24) is 10.2 Å². The molecule has 0 spiro atoms. The number of carbonyl (C=O) groups excluding carboxylic acids is 2. The molecule has 1 fully saturated rings. The van der Waals surface area contributed by atoms with E-state index in [2.05, 4.69) is 5.32 Å². The van der Waals surface area contributed by atoms with Crippen LogP contribution in [0.2, 0.25) is 0 Å². The molecule has 0 aromatic heterocycles. The van der Waals surface area contributed by atoms with Gasteiger partial charge in [0.1, 0.15) is 11.3 Å². The van der Waals surface area contributed by atoms with E-state index in [0.717, 1.165) is 4.90 Å². The summed E-state index contributed by atoms with van der Waals surface area (Å²) in [4.78, 5) is 36.2. The number of methoxy groups -OCH3 is 1. The van der Waals surface area contributed by atoms with Crippen molar-refractivity contribution in [3.63, 3.8) is 0 Å². The maximum absolute atomic E-state index is 12.6. The lowest BCUT2D eigenvalue weighted by Gasteiger charge is -2.22. The molecule has 1 aromatic carbocycles. The number of amides is 3. The molecule has 0 saturated carbocycles. The highest BCUT2D eigenvalue weighted by molar-refractivity contribution is 6.07. The standard InChI is InChI=1S/C15H18N2O5/c1-15(10-5-3-6-11(9-10)22-2)13(20)17(14(21)16-15)8-4-7-12(18)19/h3,5-6,9H,4,7-8H2,1-2H3,(H,16,21)(H,18,19). The summed E-state index contributed by atoms with van der Waals surface area (Å²) in [6.45, 7) is 1.70. The quantitative estimate of drug-likeness (QED) is 0.773. The van der Waals surface area contributed by atoms with Crippen LogP contribution in [0, 0.1) is 0 Å². The van der Waals surface area contributed by atoms with Crippen LogP contribution >= 0.6 is 0 Å². The molecule has 1 aliphatic rings. The van der Waals surface area contributed by atoms with Gasteiger partial charge in [-0.1, -0.05) is 12.1 Å². The van der Waals surface area contributed by atoms with Crippen LogP contribution in [0.25, 0.3) is 0 Å². The third-order valence-electron chi connectivity index (χ3n) is 3.69. The lowest BCUT2D eigenvalue weighted by Crippen LogP contribution is -2.41. The Bertz CT molecular complexity index is 616. The minimum absolute atomic E-state index is 0.0799. The molecule has 2 rings (SSSR count). The average molecular weight is 306 g/mol. The molecule has 1 aliphatic heterocycles. The van der Waals surface area contributed by atoms with E-state index in [-0.39, 0.29) is 19.4 Å². The smallest absolute Gasteiger partial charge is 0.325 e. The molecule has 118 valence electrons. The maximum Gasteiger partial charge on any atom is 0.325 e. The lowest BCUT2D eigenvalue weighted by atomic mass is 9.92. The third kappa shape index (κ3) is 2.88. The van der Waals surface area contributed by atoms with Gasteiger partial charge in [0.2, 0.25) is 0 Å². The number of ether oxygens (including phenoxy) is 1. The number of carboxylic acid groups (broad SMARTS) is 1.